The standard InChI is InChI=1S/C25H26ClF3N4O4S/c1-2-37-24(36)20-18(12-33-13-25(28,29)8-7-15(33)4-6-19(34)35)31-22(23-30-9-10-38-23)32-21(20)16-5-3-14(27)11-17(16)26/h3,5,9-11,15,21H,2,4,6-8,12-13H2,1H3,(H,31,32)(H,34,35)/t15-,21+/m1/s1. The molecule has 1 fully saturated rings. The van der Waals surface area contributed by atoms with Crippen molar-refractivity contribution in [1.82, 2.24) is 15.2 Å². The van der Waals surface area contributed by atoms with Crippen molar-refractivity contribution in [2.75, 3.05) is 19.7 Å². The SMILES string of the molecule is CCOC(=O)C1=C(CN2CC(F)(F)CC[C@H]2CCC(=O)O)NC(c2nccs2)=N[C@H]1c1ccc(F)cc1Cl. The molecule has 1 aromatic carbocycles. The number of carboxylic acids is 1. The molecule has 0 amide bonds. The van der Waals surface area contributed by atoms with Gasteiger partial charge in [-0.25, -0.2) is 22.9 Å². The van der Waals surface area contributed by atoms with Crippen LogP contribution >= 0.6 is 22.9 Å². The summed E-state index contributed by atoms with van der Waals surface area (Å²) in [5, 5.41) is 14.5. The fourth-order valence-electron chi connectivity index (χ4n) is 4.64. The third-order valence-electron chi connectivity index (χ3n) is 6.36. The zero-order valence-electron chi connectivity index (χ0n) is 20.4. The molecule has 0 bridgehead atoms. The molecule has 1 saturated heterocycles. The van der Waals surface area contributed by atoms with Gasteiger partial charge in [0.1, 0.15) is 11.9 Å². The Bertz CT molecular complexity index is 1260. The number of carboxylic acid groups (broad SMARTS) is 1. The van der Waals surface area contributed by atoms with Gasteiger partial charge in [-0.1, -0.05) is 17.7 Å². The molecule has 0 saturated carbocycles. The van der Waals surface area contributed by atoms with E-state index in [2.05, 4.69) is 15.3 Å². The molecule has 8 nitrogen and oxygen atoms in total. The van der Waals surface area contributed by atoms with E-state index in [1.165, 1.54) is 28.4 Å². The van der Waals surface area contributed by atoms with Crippen LogP contribution in [0.2, 0.25) is 5.02 Å². The van der Waals surface area contributed by atoms with E-state index in [0.29, 0.717) is 16.4 Å². The molecule has 2 N–H and O–H groups in total. The molecule has 2 aliphatic rings. The number of esters is 1. The molecular weight excluding hydrogens is 545 g/mol. The third-order valence-corrected chi connectivity index (χ3v) is 7.47. The number of likely N-dealkylation sites (tertiary alicyclic amines) is 1. The Hall–Kier alpha value is -2.96. The second-order valence-electron chi connectivity index (χ2n) is 9.01. The fraction of sp³-hybridized carbons (Fsp3) is 0.440. The average Bonchev–Trinajstić information content (AvgIpc) is 3.38. The summed E-state index contributed by atoms with van der Waals surface area (Å²) in [7, 11) is 0. The van der Waals surface area contributed by atoms with Crippen LogP contribution in [0.15, 0.2) is 46.0 Å². The number of carbonyl (C=O) groups is 2. The topological polar surface area (TPSA) is 104 Å². The van der Waals surface area contributed by atoms with E-state index in [0.717, 1.165) is 6.07 Å². The minimum atomic E-state index is -2.98. The molecule has 2 aliphatic heterocycles. The summed E-state index contributed by atoms with van der Waals surface area (Å²) in [6, 6.07) is 2.24. The van der Waals surface area contributed by atoms with E-state index in [4.69, 9.17) is 21.4 Å². The van der Waals surface area contributed by atoms with E-state index < -0.39 is 42.3 Å². The van der Waals surface area contributed by atoms with Gasteiger partial charge in [0.2, 0.25) is 0 Å². The van der Waals surface area contributed by atoms with Crippen molar-refractivity contribution < 1.29 is 32.6 Å². The Morgan fingerprint density at radius 1 is 1.37 bits per heavy atom. The van der Waals surface area contributed by atoms with Gasteiger partial charge in [0.25, 0.3) is 5.92 Å². The van der Waals surface area contributed by atoms with Crippen LogP contribution in [0.1, 0.15) is 49.2 Å². The van der Waals surface area contributed by atoms with Gasteiger partial charge in [-0.15, -0.1) is 11.3 Å². The predicted octanol–water partition coefficient (Wildman–Crippen LogP) is 4.81. The molecule has 0 radical (unpaired) electrons. The highest BCUT2D eigenvalue weighted by Crippen LogP contribution is 2.38. The summed E-state index contributed by atoms with van der Waals surface area (Å²) in [6.45, 7) is 0.940. The number of alkyl halides is 2. The zero-order chi connectivity index (χ0) is 27.4. The lowest BCUT2D eigenvalue weighted by atomic mass is 9.92. The van der Waals surface area contributed by atoms with Crippen molar-refractivity contribution in [1.29, 1.82) is 0 Å². The first kappa shape index (κ1) is 28.1. The number of nitrogens with one attached hydrogen (secondary N) is 1. The van der Waals surface area contributed by atoms with Crippen molar-refractivity contribution >= 4 is 40.7 Å². The van der Waals surface area contributed by atoms with E-state index in [9.17, 15) is 22.8 Å². The lowest BCUT2D eigenvalue weighted by molar-refractivity contribution is -0.139. The molecule has 13 heteroatoms. The Morgan fingerprint density at radius 3 is 2.82 bits per heavy atom. The van der Waals surface area contributed by atoms with Gasteiger partial charge in [-0.2, -0.15) is 0 Å². The van der Waals surface area contributed by atoms with Gasteiger partial charge in [0.15, 0.2) is 10.8 Å². The summed E-state index contributed by atoms with van der Waals surface area (Å²) >= 11 is 7.65. The average molecular weight is 571 g/mol. The highest BCUT2D eigenvalue weighted by molar-refractivity contribution is 7.11. The minimum Gasteiger partial charge on any atom is -0.481 e. The van der Waals surface area contributed by atoms with Crippen LogP contribution in [0.5, 0.6) is 0 Å². The van der Waals surface area contributed by atoms with Gasteiger partial charge >= 0.3 is 11.9 Å². The number of nitrogens with zero attached hydrogens (tertiary/aromatic N) is 3. The van der Waals surface area contributed by atoms with Crippen LogP contribution in [0.4, 0.5) is 13.2 Å². The van der Waals surface area contributed by atoms with Crippen LogP contribution in [0.25, 0.3) is 0 Å². The van der Waals surface area contributed by atoms with Crippen molar-refractivity contribution in [3.05, 3.63) is 62.5 Å². The minimum absolute atomic E-state index is 0.0316. The molecule has 0 spiro atoms. The number of carbonyl (C=O) groups excluding carboxylic acids is 1. The monoisotopic (exact) mass is 570 g/mol. The lowest BCUT2D eigenvalue weighted by Crippen LogP contribution is -2.51. The number of amidine groups is 1. The summed E-state index contributed by atoms with van der Waals surface area (Å²) in [5.74, 6) is -5.01. The molecular formula is C25H26ClF3N4O4S. The summed E-state index contributed by atoms with van der Waals surface area (Å²) in [5.41, 5.74) is 0.634. The maximum Gasteiger partial charge on any atom is 0.338 e. The van der Waals surface area contributed by atoms with E-state index in [1.54, 1.807) is 18.5 Å². The molecule has 4 rings (SSSR count). The number of hydrogen-bond acceptors (Lipinski definition) is 8. The van der Waals surface area contributed by atoms with Gasteiger partial charge in [-0.3, -0.25) is 14.7 Å². The van der Waals surface area contributed by atoms with Crippen molar-refractivity contribution in [3.63, 3.8) is 0 Å². The number of thiazole rings is 1. The summed E-state index contributed by atoms with van der Waals surface area (Å²) < 4.78 is 48.2. The Balaban J connectivity index is 1.81. The smallest absolute Gasteiger partial charge is 0.338 e. The van der Waals surface area contributed by atoms with E-state index >= 15 is 0 Å². The predicted molar refractivity (Wildman–Crippen MR) is 136 cm³/mol. The van der Waals surface area contributed by atoms with Gasteiger partial charge in [-0.05, 0) is 31.9 Å². The highest BCUT2D eigenvalue weighted by Gasteiger charge is 2.42. The Labute approximate surface area is 226 Å². The maximum atomic E-state index is 14.5. The van der Waals surface area contributed by atoms with Crippen LogP contribution in [-0.2, 0) is 14.3 Å². The Morgan fingerprint density at radius 2 is 2.16 bits per heavy atom. The number of piperidine rings is 1. The third kappa shape index (κ3) is 6.54. The number of aliphatic imine (C=N–C) groups is 1. The molecule has 204 valence electrons. The van der Waals surface area contributed by atoms with Gasteiger partial charge in [0, 0.05) is 53.3 Å². The second-order valence-corrected chi connectivity index (χ2v) is 10.3. The first-order valence-electron chi connectivity index (χ1n) is 12.0. The fourth-order valence-corrected chi connectivity index (χ4v) is 5.50. The molecule has 0 unspecified atom stereocenters. The highest BCUT2D eigenvalue weighted by atomic mass is 35.5. The van der Waals surface area contributed by atoms with Crippen LogP contribution in [0, 0.1) is 5.82 Å². The van der Waals surface area contributed by atoms with E-state index in [-0.39, 0.29) is 55.1 Å². The number of rotatable bonds is 9. The van der Waals surface area contributed by atoms with Crippen LogP contribution < -0.4 is 5.32 Å². The van der Waals surface area contributed by atoms with Gasteiger partial charge in [0.05, 0.1) is 18.7 Å². The number of ether oxygens (including phenoxy) is 1. The number of aliphatic carboxylic acids is 1. The Kier molecular flexibility index (Phi) is 8.74. The molecule has 0 aliphatic carbocycles. The number of benzene rings is 1. The van der Waals surface area contributed by atoms with Gasteiger partial charge < -0.3 is 15.2 Å². The zero-order valence-corrected chi connectivity index (χ0v) is 22.0. The van der Waals surface area contributed by atoms with Crippen molar-refractivity contribution in [2.24, 2.45) is 4.99 Å². The van der Waals surface area contributed by atoms with E-state index in [1.807, 2.05) is 0 Å². The van der Waals surface area contributed by atoms with Crippen molar-refractivity contribution in [2.45, 2.75) is 50.6 Å². The number of halogens is 4. The van der Waals surface area contributed by atoms with Crippen LogP contribution in [0.3, 0.4) is 0 Å². The quantitative estimate of drug-likeness (QED) is 0.417. The molecule has 2 aromatic rings. The molecule has 2 atom stereocenters. The largest absolute Gasteiger partial charge is 0.481 e. The first-order valence-corrected chi connectivity index (χ1v) is 13.3. The summed E-state index contributed by atoms with van der Waals surface area (Å²) in [6.07, 6.45) is 1.31. The molecule has 3 heterocycles. The van der Waals surface area contributed by atoms with Crippen LogP contribution in [-0.4, -0.2) is 64.4 Å². The lowest BCUT2D eigenvalue weighted by Gasteiger charge is -2.41. The summed E-state index contributed by atoms with van der Waals surface area (Å²) in [4.78, 5) is 34.9. The normalized spacial score (nSPS) is 21.6. The van der Waals surface area contributed by atoms with Crippen molar-refractivity contribution in [3.8, 4) is 0 Å². The first-order chi connectivity index (χ1) is 18.1. The maximum absolute atomic E-state index is 14.5. The molecule has 38 heavy (non-hydrogen) atoms. The number of hydrogen-bond donors (Lipinski definition) is 2. The number of aromatic nitrogens is 1. The molecule has 1 aromatic heterocycles. The second kappa shape index (κ2) is 11.8.